The fraction of sp³-hybridized carbons (Fsp3) is 0.448. The zero-order valence-electron chi connectivity index (χ0n) is 20.8. The molecule has 2 aromatic carbocycles. The number of carbonyl (C=O) groups excluding carboxylic acids is 1. The van der Waals surface area contributed by atoms with E-state index in [-0.39, 0.29) is 11.2 Å². The first-order valence-corrected chi connectivity index (χ1v) is 12.7. The number of nitrogens with zero attached hydrogens (tertiary/aromatic N) is 2. The molecule has 0 spiro atoms. The summed E-state index contributed by atoms with van der Waals surface area (Å²) in [4.78, 5) is 23.9. The zero-order valence-corrected chi connectivity index (χ0v) is 20.8. The maximum atomic E-state index is 13.6. The molecule has 3 aromatic rings. The van der Waals surface area contributed by atoms with E-state index < -0.39 is 0 Å². The van der Waals surface area contributed by atoms with Gasteiger partial charge in [-0.25, -0.2) is 0 Å². The molecule has 0 unspecified atom stereocenters. The number of aliphatic imine (C=N–C) groups is 1. The summed E-state index contributed by atoms with van der Waals surface area (Å²) in [5.74, 6) is 1.50. The summed E-state index contributed by atoms with van der Waals surface area (Å²) in [6, 6.07) is 12.7. The second-order valence-electron chi connectivity index (χ2n) is 10.7. The third kappa shape index (κ3) is 3.80. The first-order valence-electron chi connectivity index (χ1n) is 12.7. The number of benzene rings is 2. The Morgan fingerprint density at radius 3 is 2.69 bits per heavy atom. The van der Waals surface area contributed by atoms with E-state index >= 15 is 0 Å². The Bertz CT molecular complexity index is 1310. The van der Waals surface area contributed by atoms with Gasteiger partial charge in [0.15, 0.2) is 5.78 Å². The van der Waals surface area contributed by atoms with Crippen molar-refractivity contribution >= 4 is 22.9 Å². The molecule has 2 aliphatic heterocycles. The summed E-state index contributed by atoms with van der Waals surface area (Å²) in [7, 11) is 1.76. The van der Waals surface area contributed by atoms with Crippen molar-refractivity contribution in [3.8, 4) is 5.75 Å². The number of aromatic nitrogens is 1. The Labute approximate surface area is 206 Å². The Hall–Kier alpha value is -2.96. The number of rotatable bonds is 5. The average Bonchev–Trinajstić information content (AvgIpc) is 3.22. The van der Waals surface area contributed by atoms with Crippen LogP contribution in [-0.2, 0) is 10.2 Å². The Balaban J connectivity index is 1.23. The molecule has 1 N–H and O–H groups in total. The van der Waals surface area contributed by atoms with Crippen molar-refractivity contribution in [1.82, 2.24) is 9.88 Å². The molecule has 3 heterocycles. The number of carbonyl (C=O) groups is 1. The second kappa shape index (κ2) is 8.61. The summed E-state index contributed by atoms with van der Waals surface area (Å²) in [6.07, 6.45) is 4.15. The van der Waals surface area contributed by atoms with E-state index in [1.807, 2.05) is 30.5 Å². The van der Waals surface area contributed by atoms with Crippen LogP contribution in [0.5, 0.6) is 5.75 Å². The smallest absolute Gasteiger partial charge is 0.195 e. The topological polar surface area (TPSA) is 66.9 Å². The third-order valence-corrected chi connectivity index (χ3v) is 8.13. The highest BCUT2D eigenvalue weighted by Crippen LogP contribution is 2.44. The average molecular weight is 472 g/mol. The van der Waals surface area contributed by atoms with E-state index in [1.54, 1.807) is 7.05 Å². The molecular formula is C29H33N3O3. The molecule has 6 nitrogen and oxygen atoms in total. The van der Waals surface area contributed by atoms with Gasteiger partial charge >= 0.3 is 0 Å². The van der Waals surface area contributed by atoms with Crippen molar-refractivity contribution in [2.45, 2.75) is 38.1 Å². The fourth-order valence-corrected chi connectivity index (χ4v) is 5.88. The maximum Gasteiger partial charge on any atom is 0.195 e. The molecule has 6 heteroatoms. The van der Waals surface area contributed by atoms with Gasteiger partial charge in [0.2, 0.25) is 0 Å². The molecule has 0 amide bonds. The van der Waals surface area contributed by atoms with Gasteiger partial charge in [0.25, 0.3) is 0 Å². The first kappa shape index (κ1) is 22.5. The molecule has 0 radical (unpaired) electrons. The van der Waals surface area contributed by atoms with Gasteiger partial charge in [-0.2, -0.15) is 0 Å². The molecule has 1 aliphatic carbocycles. The Morgan fingerprint density at radius 1 is 1.17 bits per heavy atom. The predicted octanol–water partition coefficient (Wildman–Crippen LogP) is 4.58. The molecule has 0 saturated carbocycles. The van der Waals surface area contributed by atoms with Crippen molar-refractivity contribution in [2.24, 2.45) is 10.9 Å². The van der Waals surface area contributed by atoms with Crippen LogP contribution in [0.25, 0.3) is 10.9 Å². The largest absolute Gasteiger partial charge is 0.493 e. The van der Waals surface area contributed by atoms with Crippen LogP contribution in [0, 0.1) is 5.92 Å². The van der Waals surface area contributed by atoms with Gasteiger partial charge in [0.05, 0.1) is 31.4 Å². The number of fused-ring (bicyclic) bond motifs is 4. The van der Waals surface area contributed by atoms with E-state index in [9.17, 15) is 4.79 Å². The molecule has 6 rings (SSSR count). The minimum atomic E-state index is -0.341. The molecule has 35 heavy (non-hydrogen) atoms. The van der Waals surface area contributed by atoms with Crippen LogP contribution in [0.1, 0.15) is 59.4 Å². The number of likely N-dealkylation sites (tertiary alicyclic amines) is 1. The summed E-state index contributed by atoms with van der Waals surface area (Å²) in [6.45, 7) is 9.12. The lowest BCUT2D eigenvalue weighted by Gasteiger charge is -2.41. The molecule has 0 atom stereocenters. The van der Waals surface area contributed by atoms with E-state index in [2.05, 4.69) is 40.9 Å². The summed E-state index contributed by atoms with van der Waals surface area (Å²) >= 11 is 0. The number of nitrogens with one attached hydrogen (secondary N) is 1. The van der Waals surface area contributed by atoms with Crippen molar-refractivity contribution in [3.63, 3.8) is 0 Å². The molecule has 2 saturated heterocycles. The van der Waals surface area contributed by atoms with Crippen LogP contribution in [0.3, 0.4) is 0 Å². The predicted molar refractivity (Wildman–Crippen MR) is 138 cm³/mol. The number of piperidine rings is 1. The standard InChI is InChI=1S/C29H33N3O3/c1-29(2)24-13-21(35-15-18-8-10-32(11-9-18)20-16-34-17-20)5-7-22(24)27(33)26-23-6-4-19(14-30-3)12-25(23)31-28(26)29/h4-7,12-14,18,20,31H,8-11,15-17H2,1-3H3. The van der Waals surface area contributed by atoms with Gasteiger partial charge in [-0.1, -0.05) is 26.0 Å². The monoisotopic (exact) mass is 471 g/mol. The normalized spacial score (nSPS) is 20.7. The number of ether oxygens (including phenoxy) is 2. The number of hydrogen-bond donors (Lipinski definition) is 1. The SMILES string of the molecule is CN=Cc1ccc2c3c([nH]c2c1)C(C)(C)c1cc(OCC2CCN(C4COC4)CC2)ccc1C3=O. The third-order valence-electron chi connectivity index (χ3n) is 8.13. The van der Waals surface area contributed by atoms with Gasteiger partial charge in [-0.3, -0.25) is 14.7 Å². The quantitative estimate of drug-likeness (QED) is 0.554. The first-order chi connectivity index (χ1) is 17.0. The Morgan fingerprint density at radius 2 is 1.97 bits per heavy atom. The van der Waals surface area contributed by atoms with Crippen LogP contribution < -0.4 is 4.74 Å². The molecule has 1 aromatic heterocycles. The van der Waals surface area contributed by atoms with Gasteiger partial charge in [0, 0.05) is 40.8 Å². The summed E-state index contributed by atoms with van der Waals surface area (Å²) in [5, 5.41) is 0.970. The maximum absolute atomic E-state index is 13.6. The van der Waals surface area contributed by atoms with E-state index in [0.29, 0.717) is 12.0 Å². The van der Waals surface area contributed by atoms with E-state index in [4.69, 9.17) is 9.47 Å². The van der Waals surface area contributed by atoms with E-state index in [1.165, 1.54) is 0 Å². The highest BCUT2D eigenvalue weighted by molar-refractivity contribution is 6.20. The number of H-pyrrole nitrogens is 1. The van der Waals surface area contributed by atoms with Gasteiger partial charge < -0.3 is 14.5 Å². The highest BCUT2D eigenvalue weighted by Gasteiger charge is 2.40. The molecule has 182 valence electrons. The van der Waals surface area contributed by atoms with Crippen molar-refractivity contribution < 1.29 is 14.3 Å². The number of aromatic amines is 1. The van der Waals surface area contributed by atoms with E-state index in [0.717, 1.165) is 90.4 Å². The van der Waals surface area contributed by atoms with Crippen molar-refractivity contribution in [2.75, 3.05) is 40.0 Å². The van der Waals surface area contributed by atoms with Gasteiger partial charge in [-0.05, 0) is 67.2 Å². The van der Waals surface area contributed by atoms with Crippen LogP contribution in [0.2, 0.25) is 0 Å². The second-order valence-corrected chi connectivity index (χ2v) is 10.7. The summed E-state index contributed by atoms with van der Waals surface area (Å²) < 4.78 is 11.6. The van der Waals surface area contributed by atoms with Crippen LogP contribution >= 0.6 is 0 Å². The van der Waals surface area contributed by atoms with Crippen LogP contribution in [0.4, 0.5) is 0 Å². The fourth-order valence-electron chi connectivity index (χ4n) is 5.88. The van der Waals surface area contributed by atoms with Gasteiger partial charge in [-0.15, -0.1) is 0 Å². The number of ketones is 1. The highest BCUT2D eigenvalue weighted by atomic mass is 16.5. The molecule has 2 fully saturated rings. The molecule has 3 aliphatic rings. The zero-order chi connectivity index (χ0) is 24.2. The lowest BCUT2D eigenvalue weighted by molar-refractivity contribution is -0.0750. The van der Waals surface area contributed by atoms with Crippen LogP contribution in [-0.4, -0.2) is 67.9 Å². The van der Waals surface area contributed by atoms with Crippen LogP contribution in [0.15, 0.2) is 41.4 Å². The lowest BCUT2D eigenvalue weighted by atomic mass is 9.71. The van der Waals surface area contributed by atoms with Gasteiger partial charge in [0.1, 0.15) is 5.75 Å². The molecule has 0 bridgehead atoms. The van der Waals surface area contributed by atoms with Crippen molar-refractivity contribution in [1.29, 1.82) is 0 Å². The lowest BCUT2D eigenvalue weighted by Crippen LogP contribution is -2.52. The number of hydrogen-bond acceptors (Lipinski definition) is 5. The summed E-state index contributed by atoms with van der Waals surface area (Å²) in [5.41, 5.74) is 5.20. The minimum absolute atomic E-state index is 0.0800. The molecular weight excluding hydrogens is 438 g/mol. The minimum Gasteiger partial charge on any atom is -0.493 e. The Kier molecular flexibility index (Phi) is 5.53. The van der Waals surface area contributed by atoms with Crippen molar-refractivity contribution in [3.05, 3.63) is 64.3 Å².